The molecule has 0 spiro atoms. The van der Waals surface area contributed by atoms with Gasteiger partial charge in [-0.2, -0.15) is 0 Å². The average Bonchev–Trinajstić information content (AvgIpc) is 2.61. The number of halogens is 1. The first-order valence-electron chi connectivity index (χ1n) is 8.36. The van der Waals surface area contributed by atoms with E-state index in [0.717, 1.165) is 5.56 Å². The van der Waals surface area contributed by atoms with Gasteiger partial charge in [0.15, 0.2) is 6.10 Å². The van der Waals surface area contributed by atoms with Gasteiger partial charge in [0, 0.05) is 10.7 Å². The third kappa shape index (κ3) is 6.36. The molecule has 2 unspecified atom stereocenters. The molecule has 0 saturated heterocycles. The van der Waals surface area contributed by atoms with Crippen molar-refractivity contribution in [1.29, 1.82) is 0 Å². The van der Waals surface area contributed by atoms with Gasteiger partial charge in [-0.1, -0.05) is 35.7 Å². The van der Waals surface area contributed by atoms with E-state index in [0.29, 0.717) is 16.5 Å². The molecule has 140 valence electrons. The van der Waals surface area contributed by atoms with Crippen LogP contribution >= 0.6 is 11.6 Å². The minimum atomic E-state index is -0.910. The summed E-state index contributed by atoms with van der Waals surface area (Å²) in [4.78, 5) is 23.3. The Morgan fingerprint density at radius 3 is 2.52 bits per heavy atom. The minimum absolute atomic E-state index is 0.0724. The van der Waals surface area contributed by atoms with Crippen LogP contribution in [0.4, 0.5) is 5.69 Å². The van der Waals surface area contributed by atoms with Crippen LogP contribution in [0, 0.1) is 11.8 Å². The number of carbonyl (C=O) groups excluding carboxylic acids is 1. The predicted octanol–water partition coefficient (Wildman–Crippen LogP) is 4.33. The maximum atomic E-state index is 12.3. The van der Waals surface area contributed by atoms with E-state index in [1.54, 1.807) is 62.4 Å². The van der Waals surface area contributed by atoms with E-state index >= 15 is 0 Å². The fourth-order valence-corrected chi connectivity index (χ4v) is 2.62. The highest BCUT2D eigenvalue weighted by Gasteiger charge is 2.16. The first-order valence-corrected chi connectivity index (χ1v) is 8.74. The highest BCUT2D eigenvalue weighted by Crippen LogP contribution is 2.22. The van der Waals surface area contributed by atoms with E-state index in [1.165, 1.54) is 0 Å². The molecule has 0 aromatic heterocycles. The summed E-state index contributed by atoms with van der Waals surface area (Å²) in [5, 5.41) is 12.3. The molecule has 0 aliphatic heterocycles. The van der Waals surface area contributed by atoms with Crippen LogP contribution < -0.4 is 10.1 Å². The number of benzene rings is 2. The summed E-state index contributed by atoms with van der Waals surface area (Å²) >= 11 is 5.90. The van der Waals surface area contributed by atoms with Gasteiger partial charge >= 0.3 is 5.97 Å². The van der Waals surface area contributed by atoms with Gasteiger partial charge in [-0.15, -0.1) is 5.92 Å². The Morgan fingerprint density at radius 2 is 1.93 bits per heavy atom. The van der Waals surface area contributed by atoms with Gasteiger partial charge in [0.1, 0.15) is 5.75 Å². The molecule has 5 nitrogen and oxygen atoms in total. The second kappa shape index (κ2) is 9.65. The zero-order chi connectivity index (χ0) is 19.8. The number of carbonyl (C=O) groups is 2. The molecule has 0 fully saturated rings. The fraction of sp³-hybridized carbons (Fsp3) is 0.238. The van der Waals surface area contributed by atoms with Crippen molar-refractivity contribution in [3.05, 3.63) is 59.1 Å². The van der Waals surface area contributed by atoms with Crippen LogP contribution in [0.5, 0.6) is 5.75 Å². The molecule has 6 heteroatoms. The van der Waals surface area contributed by atoms with Crippen LogP contribution in [0.25, 0.3) is 0 Å². The lowest BCUT2D eigenvalue weighted by Gasteiger charge is -2.15. The summed E-state index contributed by atoms with van der Waals surface area (Å²) in [7, 11) is 0. The summed E-state index contributed by atoms with van der Waals surface area (Å²) in [6.07, 6.45) is -0.786. The molecule has 27 heavy (non-hydrogen) atoms. The number of amides is 1. The lowest BCUT2D eigenvalue weighted by atomic mass is 9.96. The van der Waals surface area contributed by atoms with Gasteiger partial charge in [0.25, 0.3) is 5.91 Å². The summed E-state index contributed by atoms with van der Waals surface area (Å²) in [5.74, 6) is 4.55. The molecule has 0 bridgehead atoms. The molecule has 0 aliphatic rings. The number of rotatable bonds is 7. The number of aliphatic carboxylic acids is 1. The van der Waals surface area contributed by atoms with Crippen molar-refractivity contribution in [2.24, 2.45) is 0 Å². The lowest BCUT2D eigenvalue weighted by Crippen LogP contribution is -2.30. The topological polar surface area (TPSA) is 75.6 Å². The number of carboxylic acids is 1. The van der Waals surface area contributed by atoms with Gasteiger partial charge in [0.2, 0.25) is 0 Å². The van der Waals surface area contributed by atoms with Gasteiger partial charge in [-0.3, -0.25) is 9.59 Å². The smallest absolute Gasteiger partial charge is 0.304 e. The van der Waals surface area contributed by atoms with E-state index < -0.39 is 12.1 Å². The Balaban J connectivity index is 2.01. The molecule has 2 rings (SSSR count). The van der Waals surface area contributed by atoms with Crippen molar-refractivity contribution in [2.75, 3.05) is 5.32 Å². The molecular formula is C21H20ClNO4. The molecule has 0 heterocycles. The number of nitrogens with one attached hydrogen (secondary N) is 1. The van der Waals surface area contributed by atoms with Crippen molar-refractivity contribution >= 4 is 29.2 Å². The second-order valence-electron chi connectivity index (χ2n) is 5.87. The van der Waals surface area contributed by atoms with Crippen molar-refractivity contribution < 1.29 is 19.4 Å². The molecule has 2 aromatic carbocycles. The largest absolute Gasteiger partial charge is 0.481 e. The van der Waals surface area contributed by atoms with E-state index in [1.807, 2.05) is 0 Å². The average molecular weight is 386 g/mol. The molecular weight excluding hydrogens is 366 g/mol. The fourth-order valence-electron chi connectivity index (χ4n) is 2.44. The predicted molar refractivity (Wildman–Crippen MR) is 105 cm³/mol. The Morgan fingerprint density at radius 1 is 1.22 bits per heavy atom. The third-order valence-electron chi connectivity index (χ3n) is 3.76. The molecule has 1 amide bonds. The number of anilines is 1. The van der Waals surface area contributed by atoms with Gasteiger partial charge < -0.3 is 15.2 Å². The van der Waals surface area contributed by atoms with Crippen molar-refractivity contribution in [1.82, 2.24) is 0 Å². The SMILES string of the molecule is CC#CC(CC(=O)O)c1ccc(NC(=O)C(C)Oc2cccc(Cl)c2)cc1. The van der Waals surface area contributed by atoms with Crippen molar-refractivity contribution in [3.63, 3.8) is 0 Å². The summed E-state index contributed by atoms with van der Waals surface area (Å²) in [6, 6.07) is 13.8. The lowest BCUT2D eigenvalue weighted by molar-refractivity contribution is -0.137. The maximum Gasteiger partial charge on any atom is 0.304 e. The molecule has 0 radical (unpaired) electrons. The summed E-state index contributed by atoms with van der Waals surface area (Å²) in [5.41, 5.74) is 1.37. The summed E-state index contributed by atoms with van der Waals surface area (Å²) in [6.45, 7) is 3.31. The molecule has 2 aromatic rings. The van der Waals surface area contributed by atoms with Crippen LogP contribution in [0.15, 0.2) is 48.5 Å². The quantitative estimate of drug-likeness (QED) is 0.695. The zero-order valence-corrected chi connectivity index (χ0v) is 15.8. The number of hydrogen-bond donors (Lipinski definition) is 2. The molecule has 0 saturated carbocycles. The van der Waals surface area contributed by atoms with Crippen LogP contribution in [0.1, 0.15) is 31.7 Å². The number of hydrogen-bond acceptors (Lipinski definition) is 3. The normalized spacial score (nSPS) is 12.3. The Bertz CT molecular complexity index is 868. The molecule has 2 N–H and O–H groups in total. The van der Waals surface area contributed by atoms with E-state index in [2.05, 4.69) is 17.2 Å². The molecule has 0 aliphatic carbocycles. The summed E-state index contributed by atoms with van der Waals surface area (Å²) < 4.78 is 5.59. The van der Waals surface area contributed by atoms with Crippen molar-refractivity contribution in [3.8, 4) is 17.6 Å². The van der Waals surface area contributed by atoms with Crippen molar-refractivity contribution in [2.45, 2.75) is 32.3 Å². The molecule has 2 atom stereocenters. The van der Waals surface area contributed by atoms with E-state index in [4.69, 9.17) is 21.4 Å². The highest BCUT2D eigenvalue weighted by molar-refractivity contribution is 6.30. The highest BCUT2D eigenvalue weighted by atomic mass is 35.5. The zero-order valence-electron chi connectivity index (χ0n) is 15.0. The monoisotopic (exact) mass is 385 g/mol. The second-order valence-corrected chi connectivity index (χ2v) is 6.31. The maximum absolute atomic E-state index is 12.3. The first-order chi connectivity index (χ1) is 12.9. The van der Waals surface area contributed by atoms with E-state index in [-0.39, 0.29) is 18.2 Å². The van der Waals surface area contributed by atoms with Crippen LogP contribution in [0.3, 0.4) is 0 Å². The van der Waals surface area contributed by atoms with Crippen LogP contribution in [-0.4, -0.2) is 23.1 Å². The minimum Gasteiger partial charge on any atom is -0.481 e. The standard InChI is InChI=1S/C21H20ClNO4/c1-3-5-16(12-20(24)25)15-8-10-18(11-9-15)23-21(26)14(2)27-19-7-4-6-17(22)13-19/h4,6-11,13-14,16H,12H2,1-2H3,(H,23,26)(H,24,25). The first kappa shape index (κ1) is 20.3. The Hall–Kier alpha value is -2.97. The third-order valence-corrected chi connectivity index (χ3v) is 3.99. The van der Waals surface area contributed by atoms with E-state index in [9.17, 15) is 9.59 Å². The van der Waals surface area contributed by atoms with Gasteiger partial charge in [0.05, 0.1) is 12.3 Å². The Labute approximate surface area is 163 Å². The van der Waals surface area contributed by atoms with Crippen LogP contribution in [0.2, 0.25) is 5.02 Å². The van der Waals surface area contributed by atoms with Gasteiger partial charge in [-0.05, 0) is 49.7 Å². The number of ether oxygens (including phenoxy) is 1. The van der Waals surface area contributed by atoms with Crippen LogP contribution in [-0.2, 0) is 9.59 Å². The number of carboxylic acid groups (broad SMARTS) is 1. The van der Waals surface area contributed by atoms with Gasteiger partial charge in [-0.25, -0.2) is 0 Å². The Kier molecular flexibility index (Phi) is 7.27.